The molecule has 0 radical (unpaired) electrons. The minimum Gasteiger partial charge on any atom is -0.493 e. The van der Waals surface area contributed by atoms with Gasteiger partial charge in [-0.15, -0.1) is 0 Å². The molecule has 2 saturated heterocycles. The van der Waals surface area contributed by atoms with Gasteiger partial charge in [0, 0.05) is 26.2 Å². The molecule has 2 aromatic rings. The van der Waals surface area contributed by atoms with Gasteiger partial charge in [0.05, 0.1) is 12.3 Å². The highest BCUT2D eigenvalue weighted by molar-refractivity contribution is 7.90. The van der Waals surface area contributed by atoms with E-state index in [1.165, 1.54) is 32.9 Å². The van der Waals surface area contributed by atoms with Crippen molar-refractivity contribution in [2.24, 2.45) is 5.92 Å². The fourth-order valence-electron chi connectivity index (χ4n) is 4.03. The predicted octanol–water partition coefficient (Wildman–Crippen LogP) is 2.98. The van der Waals surface area contributed by atoms with Crippen molar-refractivity contribution >= 4 is 15.9 Å². The van der Waals surface area contributed by atoms with Crippen molar-refractivity contribution in [1.82, 2.24) is 9.21 Å². The maximum atomic E-state index is 13.1. The van der Waals surface area contributed by atoms with Gasteiger partial charge < -0.3 is 9.64 Å². The number of likely N-dealkylation sites (tertiary alicyclic amines) is 1. The molecule has 0 N–H and O–H groups in total. The van der Waals surface area contributed by atoms with Gasteiger partial charge in [-0.05, 0) is 68.2 Å². The highest BCUT2D eigenvalue weighted by atomic mass is 32.2. The van der Waals surface area contributed by atoms with Crippen molar-refractivity contribution in [3.05, 3.63) is 60.4 Å². The number of para-hydroxylation sites is 1. The Morgan fingerprint density at radius 2 is 1.60 bits per heavy atom. The first-order valence-corrected chi connectivity index (χ1v) is 11.9. The smallest absolute Gasteiger partial charge is 0.304 e. The maximum absolute atomic E-state index is 13.1. The molecule has 8 heteroatoms. The standard InChI is InChI=1S/C22H28FN3O3S/c23-20-6-8-21(9-7-20)26-17-16-25(30(26,27)28)15-14-24-12-10-19(11-13-24)18-29-22-4-2-1-3-5-22/h1-9,19H,10-18H2. The van der Waals surface area contributed by atoms with Gasteiger partial charge >= 0.3 is 10.2 Å². The molecule has 0 saturated carbocycles. The molecule has 2 heterocycles. The van der Waals surface area contributed by atoms with E-state index in [4.69, 9.17) is 4.74 Å². The minimum absolute atomic E-state index is 0.371. The normalized spacial score (nSPS) is 20.5. The summed E-state index contributed by atoms with van der Waals surface area (Å²) in [6.45, 7) is 4.70. The third-order valence-electron chi connectivity index (χ3n) is 5.87. The Morgan fingerprint density at radius 1 is 0.900 bits per heavy atom. The van der Waals surface area contributed by atoms with Crippen LogP contribution in [0.3, 0.4) is 0 Å². The van der Waals surface area contributed by atoms with Gasteiger partial charge in [-0.1, -0.05) is 18.2 Å². The van der Waals surface area contributed by atoms with Crippen molar-refractivity contribution in [1.29, 1.82) is 0 Å². The van der Waals surface area contributed by atoms with Crippen LogP contribution in [0.4, 0.5) is 10.1 Å². The van der Waals surface area contributed by atoms with E-state index < -0.39 is 10.2 Å². The van der Waals surface area contributed by atoms with Crippen molar-refractivity contribution in [2.75, 3.05) is 50.2 Å². The first kappa shape index (κ1) is 21.1. The van der Waals surface area contributed by atoms with Crippen molar-refractivity contribution < 1.29 is 17.5 Å². The lowest BCUT2D eigenvalue weighted by atomic mass is 9.98. The molecule has 2 aliphatic rings. The van der Waals surface area contributed by atoms with E-state index in [2.05, 4.69) is 4.90 Å². The lowest BCUT2D eigenvalue weighted by Crippen LogP contribution is -2.42. The largest absolute Gasteiger partial charge is 0.493 e. The number of hydrogen-bond acceptors (Lipinski definition) is 4. The third-order valence-corrected chi connectivity index (χ3v) is 7.84. The second-order valence-electron chi connectivity index (χ2n) is 7.86. The Morgan fingerprint density at radius 3 is 2.30 bits per heavy atom. The van der Waals surface area contributed by atoms with Gasteiger partial charge in [0.2, 0.25) is 0 Å². The minimum atomic E-state index is -3.55. The molecule has 0 amide bonds. The summed E-state index contributed by atoms with van der Waals surface area (Å²) >= 11 is 0. The average molecular weight is 434 g/mol. The molecule has 0 aliphatic carbocycles. The lowest BCUT2D eigenvalue weighted by molar-refractivity contribution is 0.137. The van der Waals surface area contributed by atoms with Gasteiger partial charge in [-0.2, -0.15) is 12.7 Å². The van der Waals surface area contributed by atoms with Crippen LogP contribution >= 0.6 is 0 Å². The highest BCUT2D eigenvalue weighted by Crippen LogP contribution is 2.26. The van der Waals surface area contributed by atoms with E-state index in [9.17, 15) is 12.8 Å². The van der Waals surface area contributed by atoms with Crippen molar-refractivity contribution in [2.45, 2.75) is 12.8 Å². The summed E-state index contributed by atoms with van der Waals surface area (Å²) in [5, 5.41) is 0. The summed E-state index contributed by atoms with van der Waals surface area (Å²) in [5.41, 5.74) is 0.512. The van der Waals surface area contributed by atoms with Crippen LogP contribution < -0.4 is 9.04 Å². The quantitative estimate of drug-likeness (QED) is 0.674. The summed E-state index contributed by atoms with van der Waals surface area (Å²) in [7, 11) is -3.55. The van der Waals surface area contributed by atoms with Crippen LogP contribution in [0, 0.1) is 11.7 Å². The molecule has 6 nitrogen and oxygen atoms in total. The Kier molecular flexibility index (Phi) is 6.55. The molecule has 2 fully saturated rings. The van der Waals surface area contributed by atoms with Crippen LogP contribution in [0.1, 0.15) is 12.8 Å². The van der Waals surface area contributed by atoms with Gasteiger partial charge in [-0.3, -0.25) is 4.31 Å². The number of ether oxygens (including phenoxy) is 1. The number of hydrogen-bond donors (Lipinski definition) is 0. The molecule has 0 aromatic heterocycles. The first-order valence-electron chi connectivity index (χ1n) is 10.5. The van der Waals surface area contributed by atoms with Crippen LogP contribution in [-0.2, 0) is 10.2 Å². The Hall–Kier alpha value is -2.16. The zero-order valence-corrected chi connectivity index (χ0v) is 17.8. The maximum Gasteiger partial charge on any atom is 0.304 e. The Balaban J connectivity index is 1.22. The van der Waals surface area contributed by atoms with Crippen molar-refractivity contribution in [3.63, 3.8) is 0 Å². The SMILES string of the molecule is O=S1(=O)N(CCN2CCC(COc3ccccc3)CC2)CCN1c1ccc(F)cc1. The zero-order valence-electron chi connectivity index (χ0n) is 17.0. The van der Waals surface area contributed by atoms with Crippen LogP contribution in [0.2, 0.25) is 0 Å². The van der Waals surface area contributed by atoms with E-state index in [1.54, 1.807) is 0 Å². The molecule has 0 atom stereocenters. The van der Waals surface area contributed by atoms with Crippen LogP contribution in [0.5, 0.6) is 5.75 Å². The number of benzene rings is 2. The topological polar surface area (TPSA) is 53.1 Å². The molecule has 162 valence electrons. The molecular weight excluding hydrogens is 405 g/mol. The molecule has 2 aromatic carbocycles. The molecule has 30 heavy (non-hydrogen) atoms. The molecule has 0 spiro atoms. The zero-order chi connectivity index (χ0) is 21.0. The van der Waals surface area contributed by atoms with E-state index >= 15 is 0 Å². The summed E-state index contributed by atoms with van der Waals surface area (Å²) < 4.78 is 47.6. The van der Waals surface area contributed by atoms with Crippen LogP contribution in [0.25, 0.3) is 0 Å². The van der Waals surface area contributed by atoms with Gasteiger partial charge in [0.15, 0.2) is 0 Å². The molecule has 0 unspecified atom stereocenters. The lowest BCUT2D eigenvalue weighted by Gasteiger charge is -2.32. The van der Waals surface area contributed by atoms with Crippen LogP contribution in [0.15, 0.2) is 54.6 Å². The summed E-state index contributed by atoms with van der Waals surface area (Å²) in [4.78, 5) is 2.33. The second kappa shape index (κ2) is 9.32. The number of piperidine rings is 1. The summed E-state index contributed by atoms with van der Waals surface area (Å²) in [5.74, 6) is 1.07. The summed E-state index contributed by atoms with van der Waals surface area (Å²) in [6, 6.07) is 15.5. The molecule has 4 rings (SSSR count). The molecule has 2 aliphatic heterocycles. The number of anilines is 1. The third kappa shape index (κ3) is 4.94. The predicted molar refractivity (Wildman–Crippen MR) is 115 cm³/mol. The van der Waals surface area contributed by atoms with Gasteiger partial charge in [-0.25, -0.2) is 4.39 Å². The number of nitrogens with zero attached hydrogens (tertiary/aromatic N) is 3. The number of rotatable bonds is 7. The monoisotopic (exact) mass is 433 g/mol. The van der Waals surface area contributed by atoms with E-state index in [-0.39, 0.29) is 5.82 Å². The van der Waals surface area contributed by atoms with Crippen LogP contribution in [-0.4, -0.2) is 63.5 Å². The molecule has 0 bridgehead atoms. The first-order chi connectivity index (χ1) is 14.5. The second-order valence-corrected chi connectivity index (χ2v) is 9.72. The Labute approximate surface area is 178 Å². The number of halogens is 1. The summed E-state index contributed by atoms with van der Waals surface area (Å²) in [6.07, 6.45) is 2.11. The van der Waals surface area contributed by atoms with Gasteiger partial charge in [0.25, 0.3) is 0 Å². The fourth-order valence-corrected chi connectivity index (χ4v) is 5.63. The fraction of sp³-hybridized carbons (Fsp3) is 0.455. The van der Waals surface area contributed by atoms with Gasteiger partial charge in [0.1, 0.15) is 11.6 Å². The van der Waals surface area contributed by atoms with E-state index in [0.29, 0.717) is 31.2 Å². The molecular formula is C22H28FN3O3S. The average Bonchev–Trinajstić information content (AvgIpc) is 3.06. The van der Waals surface area contributed by atoms with Crippen molar-refractivity contribution in [3.8, 4) is 5.75 Å². The van der Waals surface area contributed by atoms with E-state index in [1.807, 2.05) is 30.3 Å². The highest BCUT2D eigenvalue weighted by Gasteiger charge is 2.36. The Bertz CT molecular complexity index is 916. The van der Waals surface area contributed by atoms with E-state index in [0.717, 1.165) is 44.8 Å².